The first kappa shape index (κ1) is 12.8. The molecule has 1 aromatic heterocycles. The smallest absolute Gasteiger partial charge is 0.256 e. The summed E-state index contributed by atoms with van der Waals surface area (Å²) in [7, 11) is 0. The Hall–Kier alpha value is -1.20. The molecule has 1 aliphatic rings. The van der Waals surface area contributed by atoms with E-state index < -0.39 is 0 Å². The van der Waals surface area contributed by atoms with Gasteiger partial charge in [0.1, 0.15) is 5.52 Å². The van der Waals surface area contributed by atoms with Gasteiger partial charge >= 0.3 is 0 Å². The molecule has 3 rings (SSSR count). The van der Waals surface area contributed by atoms with Gasteiger partial charge in [0.2, 0.25) is 0 Å². The highest BCUT2D eigenvalue weighted by Gasteiger charge is 2.31. The van der Waals surface area contributed by atoms with Crippen LogP contribution in [0.15, 0.2) is 27.8 Å². The summed E-state index contributed by atoms with van der Waals surface area (Å²) in [4.78, 5) is 4.43. The van der Waals surface area contributed by atoms with Crippen molar-refractivity contribution in [3.05, 3.63) is 18.2 Å². The van der Waals surface area contributed by atoms with Gasteiger partial charge in [0.15, 0.2) is 5.58 Å². The first-order valence-corrected chi connectivity index (χ1v) is 7.47. The Bertz CT molecular complexity index is 594. The molecule has 0 amide bonds. The molecule has 19 heavy (non-hydrogen) atoms. The SMILES string of the molecule is CC1(C)CCC(CSc2nc3cc(N)ccc3o2)O1. The highest BCUT2D eigenvalue weighted by molar-refractivity contribution is 7.99. The van der Waals surface area contributed by atoms with Crippen molar-refractivity contribution in [2.24, 2.45) is 0 Å². The summed E-state index contributed by atoms with van der Waals surface area (Å²) in [5, 5.41) is 0.689. The summed E-state index contributed by atoms with van der Waals surface area (Å²) >= 11 is 1.61. The lowest BCUT2D eigenvalue weighted by molar-refractivity contribution is -0.00473. The number of nitrogens with two attached hydrogens (primary N) is 1. The lowest BCUT2D eigenvalue weighted by Crippen LogP contribution is -2.21. The van der Waals surface area contributed by atoms with Crippen molar-refractivity contribution in [2.75, 3.05) is 11.5 Å². The van der Waals surface area contributed by atoms with Crippen LogP contribution in [-0.4, -0.2) is 22.4 Å². The van der Waals surface area contributed by atoms with Crippen molar-refractivity contribution in [3.8, 4) is 0 Å². The first-order valence-electron chi connectivity index (χ1n) is 6.48. The first-order chi connectivity index (χ1) is 9.02. The molecule has 1 aromatic carbocycles. The number of ether oxygens (including phenoxy) is 1. The molecule has 2 N–H and O–H groups in total. The van der Waals surface area contributed by atoms with Gasteiger partial charge in [0, 0.05) is 11.4 Å². The standard InChI is InChI=1S/C14H18N2O2S/c1-14(2)6-5-10(18-14)8-19-13-16-11-7-9(15)3-4-12(11)17-13/h3-4,7,10H,5-6,8,15H2,1-2H3. The molecular formula is C14H18N2O2S. The molecule has 0 saturated carbocycles. The fourth-order valence-corrected chi connectivity index (χ4v) is 3.22. The van der Waals surface area contributed by atoms with Crippen LogP contribution >= 0.6 is 11.8 Å². The van der Waals surface area contributed by atoms with Crippen molar-refractivity contribution in [1.82, 2.24) is 4.98 Å². The zero-order valence-corrected chi connectivity index (χ0v) is 12.0. The number of oxazole rings is 1. The van der Waals surface area contributed by atoms with Gasteiger partial charge in [-0.1, -0.05) is 11.8 Å². The molecule has 0 spiro atoms. The van der Waals surface area contributed by atoms with Gasteiger partial charge in [-0.3, -0.25) is 0 Å². The maximum Gasteiger partial charge on any atom is 0.256 e. The lowest BCUT2D eigenvalue weighted by Gasteiger charge is -2.18. The van der Waals surface area contributed by atoms with Gasteiger partial charge in [-0.2, -0.15) is 0 Å². The second-order valence-corrected chi connectivity index (χ2v) is 6.53. The van der Waals surface area contributed by atoms with Crippen LogP contribution in [0.1, 0.15) is 26.7 Å². The van der Waals surface area contributed by atoms with E-state index in [1.54, 1.807) is 11.8 Å². The van der Waals surface area contributed by atoms with E-state index in [0.29, 0.717) is 17.0 Å². The predicted octanol–water partition coefficient (Wildman–Crippen LogP) is 3.46. The molecule has 1 saturated heterocycles. The maximum atomic E-state index is 5.95. The number of benzene rings is 1. The molecule has 2 aromatic rings. The fourth-order valence-electron chi connectivity index (χ4n) is 2.34. The van der Waals surface area contributed by atoms with Gasteiger partial charge in [0.05, 0.1) is 11.7 Å². The Morgan fingerprint density at radius 3 is 3.05 bits per heavy atom. The molecule has 0 bridgehead atoms. The largest absolute Gasteiger partial charge is 0.431 e. The predicted molar refractivity (Wildman–Crippen MR) is 77.3 cm³/mol. The van der Waals surface area contributed by atoms with Crippen LogP contribution in [0.25, 0.3) is 11.1 Å². The molecule has 4 nitrogen and oxygen atoms in total. The molecule has 1 fully saturated rings. The van der Waals surface area contributed by atoms with E-state index in [0.717, 1.165) is 29.7 Å². The number of hydrogen-bond acceptors (Lipinski definition) is 5. The molecule has 1 unspecified atom stereocenters. The third-order valence-electron chi connectivity index (χ3n) is 3.34. The lowest BCUT2D eigenvalue weighted by atomic mass is 10.1. The summed E-state index contributed by atoms with van der Waals surface area (Å²) < 4.78 is 11.6. The van der Waals surface area contributed by atoms with Crippen LogP contribution in [-0.2, 0) is 4.74 Å². The average Bonchev–Trinajstić information content (AvgIpc) is 2.89. The van der Waals surface area contributed by atoms with Crippen LogP contribution in [0.5, 0.6) is 0 Å². The minimum atomic E-state index is 0.0149. The maximum absolute atomic E-state index is 5.95. The van der Waals surface area contributed by atoms with Gasteiger partial charge in [-0.25, -0.2) is 4.98 Å². The quantitative estimate of drug-likeness (QED) is 0.688. The zero-order valence-electron chi connectivity index (χ0n) is 11.2. The Morgan fingerprint density at radius 1 is 1.47 bits per heavy atom. The summed E-state index contributed by atoms with van der Waals surface area (Å²) in [6, 6.07) is 5.51. The zero-order chi connectivity index (χ0) is 13.5. The highest BCUT2D eigenvalue weighted by atomic mass is 32.2. The van der Waals surface area contributed by atoms with Crippen molar-refractivity contribution in [1.29, 1.82) is 0 Å². The second-order valence-electron chi connectivity index (χ2n) is 5.56. The number of rotatable bonds is 3. The summed E-state index contributed by atoms with van der Waals surface area (Å²) in [5.74, 6) is 0.881. The second kappa shape index (κ2) is 4.72. The monoisotopic (exact) mass is 278 g/mol. The van der Waals surface area contributed by atoms with Crippen molar-refractivity contribution in [2.45, 2.75) is 43.6 Å². The van der Waals surface area contributed by atoms with Gasteiger partial charge in [-0.05, 0) is 44.9 Å². The minimum absolute atomic E-state index is 0.0149. The molecule has 1 atom stereocenters. The third-order valence-corrected chi connectivity index (χ3v) is 4.30. The van der Waals surface area contributed by atoms with Gasteiger partial charge in [0.25, 0.3) is 5.22 Å². The Balaban J connectivity index is 1.66. The van der Waals surface area contributed by atoms with E-state index in [4.69, 9.17) is 14.9 Å². The van der Waals surface area contributed by atoms with Crippen LogP contribution < -0.4 is 5.73 Å². The number of hydrogen-bond donors (Lipinski definition) is 1. The normalized spacial score (nSPS) is 22.1. The fraction of sp³-hybridized carbons (Fsp3) is 0.500. The molecule has 5 heteroatoms. The number of aromatic nitrogens is 1. The highest BCUT2D eigenvalue weighted by Crippen LogP contribution is 2.33. The molecular weight excluding hydrogens is 260 g/mol. The van der Waals surface area contributed by atoms with Crippen molar-refractivity contribution >= 4 is 28.5 Å². The van der Waals surface area contributed by atoms with Crippen molar-refractivity contribution < 1.29 is 9.15 Å². The third kappa shape index (κ3) is 2.87. The van der Waals surface area contributed by atoms with Gasteiger partial charge in [-0.15, -0.1) is 0 Å². The topological polar surface area (TPSA) is 61.3 Å². The number of thioether (sulfide) groups is 1. The van der Waals surface area contributed by atoms with E-state index in [1.165, 1.54) is 0 Å². The van der Waals surface area contributed by atoms with Crippen molar-refractivity contribution in [3.63, 3.8) is 0 Å². The Kier molecular flexibility index (Phi) is 3.19. The summed E-state index contributed by atoms with van der Waals surface area (Å²) in [6.45, 7) is 4.28. The molecule has 102 valence electrons. The van der Waals surface area contributed by atoms with Crippen LogP contribution in [0.4, 0.5) is 5.69 Å². The van der Waals surface area contributed by atoms with Crippen LogP contribution in [0.3, 0.4) is 0 Å². The number of anilines is 1. The van der Waals surface area contributed by atoms with E-state index in [1.807, 2.05) is 18.2 Å². The number of nitrogens with zero attached hydrogens (tertiary/aromatic N) is 1. The Morgan fingerprint density at radius 2 is 2.32 bits per heavy atom. The summed E-state index contributed by atoms with van der Waals surface area (Å²) in [6.07, 6.45) is 2.51. The molecule has 0 aliphatic carbocycles. The Labute approximate surface area is 116 Å². The van der Waals surface area contributed by atoms with Gasteiger partial charge < -0.3 is 14.9 Å². The van der Waals surface area contributed by atoms with Crippen LogP contribution in [0, 0.1) is 0 Å². The number of nitrogen functional groups attached to an aromatic ring is 1. The summed E-state index contributed by atoms with van der Waals surface area (Å²) in [5.41, 5.74) is 8.05. The molecule has 1 aliphatic heterocycles. The minimum Gasteiger partial charge on any atom is -0.431 e. The van der Waals surface area contributed by atoms with E-state index in [-0.39, 0.29) is 5.60 Å². The number of fused-ring (bicyclic) bond motifs is 1. The van der Waals surface area contributed by atoms with Crippen LogP contribution in [0.2, 0.25) is 0 Å². The average molecular weight is 278 g/mol. The molecule has 2 heterocycles. The van der Waals surface area contributed by atoms with E-state index in [9.17, 15) is 0 Å². The van der Waals surface area contributed by atoms with E-state index in [2.05, 4.69) is 18.8 Å². The molecule has 0 radical (unpaired) electrons. The van der Waals surface area contributed by atoms with E-state index >= 15 is 0 Å².